The minimum absolute atomic E-state index is 0.0435. The van der Waals surface area contributed by atoms with E-state index in [0.717, 1.165) is 16.9 Å². The molecule has 2 N–H and O–H groups in total. The summed E-state index contributed by atoms with van der Waals surface area (Å²) in [4.78, 5) is 13.9. The Morgan fingerprint density at radius 1 is 1.15 bits per heavy atom. The van der Waals surface area contributed by atoms with Crippen LogP contribution < -0.4 is 15.5 Å². The van der Waals surface area contributed by atoms with Crippen molar-refractivity contribution in [2.45, 2.75) is 6.04 Å². The van der Waals surface area contributed by atoms with Crippen LogP contribution in [0.15, 0.2) is 54.6 Å². The Morgan fingerprint density at radius 2 is 1.95 bits per heavy atom. The molecule has 1 fully saturated rings. The van der Waals surface area contributed by atoms with E-state index < -0.39 is 0 Å². The van der Waals surface area contributed by atoms with Crippen molar-refractivity contribution in [1.82, 2.24) is 5.32 Å². The Hall–Kier alpha value is -2.49. The highest BCUT2D eigenvalue weighted by Crippen LogP contribution is 2.27. The van der Waals surface area contributed by atoms with Crippen molar-refractivity contribution in [3.05, 3.63) is 60.2 Å². The molecule has 2 amide bonds. The molecule has 3 rings (SSSR count). The van der Waals surface area contributed by atoms with E-state index in [2.05, 4.69) is 10.6 Å². The van der Waals surface area contributed by atoms with E-state index in [0.29, 0.717) is 6.54 Å². The molecule has 0 aliphatic carbocycles. The van der Waals surface area contributed by atoms with Crippen molar-refractivity contribution < 1.29 is 4.79 Å². The molecule has 2 aromatic rings. The molecular weight excluding hydrogens is 250 g/mol. The topological polar surface area (TPSA) is 44.4 Å². The third kappa shape index (κ3) is 2.32. The summed E-state index contributed by atoms with van der Waals surface area (Å²) in [6, 6.07) is 17.9. The van der Waals surface area contributed by atoms with Crippen molar-refractivity contribution in [3.8, 4) is 0 Å². The lowest BCUT2D eigenvalue weighted by Crippen LogP contribution is -2.27. The fourth-order valence-corrected chi connectivity index (χ4v) is 2.46. The molecular formula is C16H17N3O. The third-order valence-electron chi connectivity index (χ3n) is 3.56. The second-order valence-electron chi connectivity index (χ2n) is 4.82. The predicted octanol–water partition coefficient (Wildman–Crippen LogP) is 3.00. The molecule has 0 radical (unpaired) electrons. The first kappa shape index (κ1) is 12.5. The zero-order valence-electron chi connectivity index (χ0n) is 11.3. The lowest BCUT2D eigenvalue weighted by Gasteiger charge is -2.16. The molecule has 1 unspecified atom stereocenters. The summed E-state index contributed by atoms with van der Waals surface area (Å²) in [6.07, 6.45) is 0. The number of hydrogen-bond acceptors (Lipinski definition) is 2. The van der Waals surface area contributed by atoms with Gasteiger partial charge in [0.05, 0.1) is 12.6 Å². The van der Waals surface area contributed by atoms with E-state index >= 15 is 0 Å². The van der Waals surface area contributed by atoms with Crippen molar-refractivity contribution in [2.75, 3.05) is 23.8 Å². The quantitative estimate of drug-likeness (QED) is 0.898. The zero-order chi connectivity index (χ0) is 13.9. The van der Waals surface area contributed by atoms with E-state index in [9.17, 15) is 4.79 Å². The van der Waals surface area contributed by atoms with Gasteiger partial charge in [0, 0.05) is 18.4 Å². The summed E-state index contributed by atoms with van der Waals surface area (Å²) in [5, 5.41) is 6.11. The van der Waals surface area contributed by atoms with Crippen LogP contribution in [-0.4, -0.2) is 19.6 Å². The van der Waals surface area contributed by atoms with Gasteiger partial charge in [-0.25, -0.2) is 4.79 Å². The average molecular weight is 267 g/mol. The average Bonchev–Trinajstić information content (AvgIpc) is 2.90. The van der Waals surface area contributed by atoms with Crippen LogP contribution in [0.1, 0.15) is 11.6 Å². The summed E-state index contributed by atoms with van der Waals surface area (Å²) < 4.78 is 0. The second kappa shape index (κ2) is 5.25. The van der Waals surface area contributed by atoms with Crippen molar-refractivity contribution in [1.29, 1.82) is 0 Å². The predicted molar refractivity (Wildman–Crippen MR) is 81.0 cm³/mol. The molecule has 0 aromatic heterocycles. The molecule has 4 nitrogen and oxygen atoms in total. The smallest absolute Gasteiger partial charge is 0.322 e. The van der Waals surface area contributed by atoms with Gasteiger partial charge in [-0.15, -0.1) is 0 Å². The number of amides is 2. The van der Waals surface area contributed by atoms with Crippen molar-refractivity contribution >= 4 is 17.4 Å². The van der Waals surface area contributed by atoms with Crippen LogP contribution in [0.2, 0.25) is 0 Å². The largest absolute Gasteiger partial charge is 0.388 e. The number of hydrogen-bond donors (Lipinski definition) is 2. The molecule has 1 aliphatic rings. The maximum atomic E-state index is 12.2. The lowest BCUT2D eigenvalue weighted by molar-refractivity contribution is 0.251. The molecule has 1 saturated heterocycles. The van der Waals surface area contributed by atoms with Crippen LogP contribution >= 0.6 is 0 Å². The van der Waals surface area contributed by atoms with E-state index in [-0.39, 0.29) is 12.1 Å². The highest BCUT2D eigenvalue weighted by atomic mass is 16.2. The molecule has 1 aliphatic heterocycles. The van der Waals surface area contributed by atoms with Crippen LogP contribution in [0.25, 0.3) is 0 Å². The summed E-state index contributed by atoms with van der Waals surface area (Å²) in [5.41, 5.74) is 3.04. The molecule has 0 spiro atoms. The van der Waals surface area contributed by atoms with Gasteiger partial charge in [-0.2, -0.15) is 0 Å². The van der Waals surface area contributed by atoms with Gasteiger partial charge in [0.25, 0.3) is 0 Å². The minimum Gasteiger partial charge on any atom is -0.388 e. The third-order valence-corrected chi connectivity index (χ3v) is 3.56. The molecule has 1 atom stereocenters. The maximum Gasteiger partial charge on any atom is 0.322 e. The molecule has 4 heteroatoms. The van der Waals surface area contributed by atoms with E-state index in [1.54, 1.807) is 4.90 Å². The van der Waals surface area contributed by atoms with Crippen LogP contribution in [0.4, 0.5) is 16.2 Å². The first-order valence-electron chi connectivity index (χ1n) is 6.69. The summed E-state index contributed by atoms with van der Waals surface area (Å²) >= 11 is 0. The molecule has 2 aromatic carbocycles. The Labute approximate surface area is 118 Å². The number of nitrogens with one attached hydrogen (secondary N) is 2. The Kier molecular flexibility index (Phi) is 3.29. The second-order valence-corrected chi connectivity index (χ2v) is 4.82. The lowest BCUT2D eigenvalue weighted by atomic mass is 10.1. The first-order valence-corrected chi connectivity index (χ1v) is 6.69. The Balaban J connectivity index is 1.83. The van der Waals surface area contributed by atoms with Crippen LogP contribution in [0.5, 0.6) is 0 Å². The normalized spacial score (nSPS) is 17.9. The Bertz CT molecular complexity index is 612. The number of nitrogens with zero attached hydrogens (tertiary/aromatic N) is 1. The molecule has 0 bridgehead atoms. The van der Waals surface area contributed by atoms with Crippen LogP contribution in [-0.2, 0) is 0 Å². The van der Waals surface area contributed by atoms with Gasteiger partial charge in [0.15, 0.2) is 0 Å². The van der Waals surface area contributed by atoms with Crippen molar-refractivity contribution in [2.24, 2.45) is 0 Å². The number of carbonyl (C=O) groups is 1. The molecule has 20 heavy (non-hydrogen) atoms. The van der Waals surface area contributed by atoms with Gasteiger partial charge in [-0.1, -0.05) is 36.4 Å². The number of carbonyl (C=O) groups excluding carboxylic acids is 1. The van der Waals surface area contributed by atoms with Gasteiger partial charge >= 0.3 is 6.03 Å². The van der Waals surface area contributed by atoms with E-state index in [1.807, 2.05) is 61.6 Å². The number of benzene rings is 2. The van der Waals surface area contributed by atoms with E-state index in [1.165, 1.54) is 0 Å². The van der Waals surface area contributed by atoms with Gasteiger partial charge in [-0.3, -0.25) is 4.90 Å². The molecule has 102 valence electrons. The minimum atomic E-state index is -0.0490. The molecule has 0 saturated carbocycles. The SMILES string of the molecule is CNc1cccc(N2CC(c3ccccc3)NC2=O)c1. The van der Waals surface area contributed by atoms with Gasteiger partial charge < -0.3 is 10.6 Å². The number of anilines is 2. The zero-order valence-corrected chi connectivity index (χ0v) is 11.3. The summed E-state index contributed by atoms with van der Waals surface area (Å²) in [5.74, 6) is 0. The monoisotopic (exact) mass is 267 g/mol. The van der Waals surface area contributed by atoms with Gasteiger partial charge in [-0.05, 0) is 23.8 Å². The van der Waals surface area contributed by atoms with Gasteiger partial charge in [0.1, 0.15) is 0 Å². The van der Waals surface area contributed by atoms with Gasteiger partial charge in [0.2, 0.25) is 0 Å². The van der Waals surface area contributed by atoms with Crippen LogP contribution in [0, 0.1) is 0 Å². The Morgan fingerprint density at radius 3 is 2.70 bits per heavy atom. The molecule has 1 heterocycles. The van der Waals surface area contributed by atoms with Crippen LogP contribution in [0.3, 0.4) is 0 Å². The number of rotatable bonds is 3. The highest BCUT2D eigenvalue weighted by molar-refractivity contribution is 5.95. The maximum absolute atomic E-state index is 12.2. The number of urea groups is 1. The van der Waals surface area contributed by atoms with E-state index in [4.69, 9.17) is 0 Å². The fraction of sp³-hybridized carbons (Fsp3) is 0.188. The fourth-order valence-electron chi connectivity index (χ4n) is 2.46. The summed E-state index contributed by atoms with van der Waals surface area (Å²) in [6.45, 7) is 0.649. The standard InChI is InChI=1S/C16H17N3O/c1-17-13-8-5-9-14(10-13)19-11-15(18-16(19)20)12-6-3-2-4-7-12/h2-10,15,17H,11H2,1H3,(H,18,20). The first-order chi connectivity index (χ1) is 9.78. The highest BCUT2D eigenvalue weighted by Gasteiger charge is 2.30. The summed E-state index contributed by atoms with van der Waals surface area (Å²) in [7, 11) is 1.87. The van der Waals surface area contributed by atoms with Crippen molar-refractivity contribution in [3.63, 3.8) is 0 Å².